The summed E-state index contributed by atoms with van der Waals surface area (Å²) in [7, 11) is 0. The van der Waals surface area contributed by atoms with Gasteiger partial charge in [0, 0.05) is 36.1 Å². The molecule has 3 nitrogen and oxygen atoms in total. The van der Waals surface area contributed by atoms with Crippen LogP contribution in [-0.4, -0.2) is 37.7 Å². The standard InChI is InChI=1S/C16H25NO2S/c1-13(14-3-5-15(20-2)6-4-14)17-11-16(12-18)7-9-19-10-8-16/h3-6,13,17-18H,7-12H2,1-2H3. The van der Waals surface area contributed by atoms with E-state index < -0.39 is 0 Å². The number of benzene rings is 1. The summed E-state index contributed by atoms with van der Waals surface area (Å²) in [5.74, 6) is 0. The number of rotatable bonds is 6. The summed E-state index contributed by atoms with van der Waals surface area (Å²) >= 11 is 1.76. The van der Waals surface area contributed by atoms with Gasteiger partial charge in [-0.15, -0.1) is 11.8 Å². The van der Waals surface area contributed by atoms with Crippen LogP contribution < -0.4 is 5.32 Å². The van der Waals surface area contributed by atoms with Crippen LogP contribution in [0.1, 0.15) is 31.4 Å². The Morgan fingerprint density at radius 3 is 2.50 bits per heavy atom. The molecule has 2 N–H and O–H groups in total. The fraction of sp³-hybridized carbons (Fsp3) is 0.625. The Balaban J connectivity index is 1.91. The average molecular weight is 295 g/mol. The molecular weight excluding hydrogens is 270 g/mol. The minimum Gasteiger partial charge on any atom is -0.396 e. The highest BCUT2D eigenvalue weighted by molar-refractivity contribution is 7.98. The second-order valence-electron chi connectivity index (χ2n) is 5.65. The van der Waals surface area contributed by atoms with E-state index in [9.17, 15) is 5.11 Å². The van der Waals surface area contributed by atoms with E-state index in [1.54, 1.807) is 11.8 Å². The number of ether oxygens (including phenoxy) is 1. The van der Waals surface area contributed by atoms with Crippen LogP contribution in [0.4, 0.5) is 0 Å². The van der Waals surface area contributed by atoms with E-state index in [4.69, 9.17) is 4.74 Å². The third-order valence-corrected chi connectivity index (χ3v) is 5.03. The maximum atomic E-state index is 9.69. The second kappa shape index (κ2) is 7.46. The molecule has 1 atom stereocenters. The minimum atomic E-state index is -0.00821. The molecular formula is C16H25NO2S. The lowest BCUT2D eigenvalue weighted by Gasteiger charge is -2.36. The van der Waals surface area contributed by atoms with Gasteiger partial charge in [-0.1, -0.05) is 12.1 Å². The van der Waals surface area contributed by atoms with E-state index >= 15 is 0 Å². The summed E-state index contributed by atoms with van der Waals surface area (Å²) in [5, 5.41) is 13.3. The molecule has 1 aliphatic rings. The van der Waals surface area contributed by atoms with Gasteiger partial charge >= 0.3 is 0 Å². The van der Waals surface area contributed by atoms with E-state index in [1.165, 1.54) is 10.5 Å². The van der Waals surface area contributed by atoms with E-state index in [-0.39, 0.29) is 12.0 Å². The molecule has 1 aromatic rings. The third-order valence-electron chi connectivity index (χ3n) is 4.29. The van der Waals surface area contributed by atoms with Crippen molar-refractivity contribution in [1.82, 2.24) is 5.32 Å². The van der Waals surface area contributed by atoms with Crippen molar-refractivity contribution in [3.05, 3.63) is 29.8 Å². The van der Waals surface area contributed by atoms with Crippen molar-refractivity contribution in [3.63, 3.8) is 0 Å². The Bertz CT molecular complexity index is 401. The predicted octanol–water partition coefficient (Wildman–Crippen LogP) is 2.85. The molecule has 1 heterocycles. The van der Waals surface area contributed by atoms with Gasteiger partial charge < -0.3 is 15.2 Å². The number of hydrogen-bond donors (Lipinski definition) is 2. The quantitative estimate of drug-likeness (QED) is 0.792. The van der Waals surface area contributed by atoms with Crippen molar-refractivity contribution in [2.24, 2.45) is 5.41 Å². The van der Waals surface area contributed by atoms with Gasteiger partial charge in [0.2, 0.25) is 0 Å². The van der Waals surface area contributed by atoms with Gasteiger partial charge in [0.15, 0.2) is 0 Å². The zero-order valence-electron chi connectivity index (χ0n) is 12.4. The van der Waals surface area contributed by atoms with Crippen LogP contribution in [0, 0.1) is 5.41 Å². The van der Waals surface area contributed by atoms with Gasteiger partial charge in [-0.25, -0.2) is 0 Å². The first-order chi connectivity index (χ1) is 9.69. The molecule has 0 bridgehead atoms. The van der Waals surface area contributed by atoms with E-state index in [0.29, 0.717) is 6.04 Å². The SMILES string of the molecule is CSc1ccc(C(C)NCC2(CO)CCOCC2)cc1. The molecule has 20 heavy (non-hydrogen) atoms. The van der Waals surface area contributed by atoms with Crippen LogP contribution in [-0.2, 0) is 4.74 Å². The summed E-state index contributed by atoms with van der Waals surface area (Å²) in [6.45, 7) is 4.79. The van der Waals surface area contributed by atoms with Crippen LogP contribution in [0.2, 0.25) is 0 Å². The monoisotopic (exact) mass is 295 g/mol. The molecule has 1 saturated heterocycles. The van der Waals surface area contributed by atoms with Gasteiger partial charge in [0.1, 0.15) is 0 Å². The highest BCUT2D eigenvalue weighted by Crippen LogP contribution is 2.30. The van der Waals surface area contributed by atoms with E-state index in [2.05, 4.69) is 42.8 Å². The van der Waals surface area contributed by atoms with Crippen molar-refractivity contribution in [2.45, 2.75) is 30.7 Å². The Hall–Kier alpha value is -0.550. The fourth-order valence-electron chi connectivity index (χ4n) is 2.58. The maximum Gasteiger partial charge on any atom is 0.0501 e. The molecule has 1 aliphatic heterocycles. The van der Waals surface area contributed by atoms with Crippen molar-refractivity contribution in [3.8, 4) is 0 Å². The third kappa shape index (κ3) is 3.98. The van der Waals surface area contributed by atoms with Gasteiger partial charge in [0.25, 0.3) is 0 Å². The molecule has 4 heteroatoms. The first-order valence-electron chi connectivity index (χ1n) is 7.25. The van der Waals surface area contributed by atoms with Crippen LogP contribution in [0.15, 0.2) is 29.2 Å². The maximum absolute atomic E-state index is 9.69. The largest absolute Gasteiger partial charge is 0.396 e. The van der Waals surface area contributed by atoms with Crippen LogP contribution in [0.25, 0.3) is 0 Å². The first kappa shape index (κ1) is 15.8. The molecule has 0 amide bonds. The Morgan fingerprint density at radius 2 is 1.95 bits per heavy atom. The molecule has 1 fully saturated rings. The Morgan fingerprint density at radius 1 is 1.30 bits per heavy atom. The van der Waals surface area contributed by atoms with E-state index in [1.807, 2.05) is 0 Å². The zero-order valence-corrected chi connectivity index (χ0v) is 13.2. The number of aliphatic hydroxyl groups is 1. The number of thioether (sulfide) groups is 1. The smallest absolute Gasteiger partial charge is 0.0501 e. The number of aliphatic hydroxyl groups excluding tert-OH is 1. The topological polar surface area (TPSA) is 41.5 Å². The van der Waals surface area contributed by atoms with Crippen molar-refractivity contribution in [2.75, 3.05) is 32.6 Å². The predicted molar refractivity (Wildman–Crippen MR) is 84.2 cm³/mol. The molecule has 1 aromatic carbocycles. The molecule has 0 aromatic heterocycles. The summed E-state index contributed by atoms with van der Waals surface area (Å²) in [5.41, 5.74) is 1.29. The van der Waals surface area contributed by atoms with Gasteiger partial charge in [-0.05, 0) is 43.7 Å². The normalized spacial score (nSPS) is 19.8. The fourth-order valence-corrected chi connectivity index (χ4v) is 2.98. The lowest BCUT2D eigenvalue weighted by Crippen LogP contribution is -2.42. The van der Waals surface area contributed by atoms with Gasteiger partial charge in [-0.3, -0.25) is 0 Å². The zero-order chi connectivity index (χ0) is 14.4. The molecule has 112 valence electrons. The highest BCUT2D eigenvalue weighted by atomic mass is 32.2. The molecule has 0 aliphatic carbocycles. The van der Waals surface area contributed by atoms with Crippen LogP contribution in [0.3, 0.4) is 0 Å². The van der Waals surface area contributed by atoms with Crippen molar-refractivity contribution in [1.29, 1.82) is 0 Å². The molecule has 0 radical (unpaired) electrons. The average Bonchev–Trinajstić information content (AvgIpc) is 2.53. The second-order valence-corrected chi connectivity index (χ2v) is 6.53. The summed E-state index contributed by atoms with van der Waals surface area (Å²) in [4.78, 5) is 1.29. The van der Waals surface area contributed by atoms with Gasteiger partial charge in [0.05, 0.1) is 6.61 Å². The summed E-state index contributed by atoms with van der Waals surface area (Å²) < 4.78 is 5.40. The lowest BCUT2D eigenvalue weighted by molar-refractivity contribution is -0.0163. The minimum absolute atomic E-state index is 0.00821. The highest BCUT2D eigenvalue weighted by Gasteiger charge is 2.32. The lowest BCUT2D eigenvalue weighted by atomic mass is 9.80. The molecule has 0 saturated carbocycles. The Labute approximate surface area is 126 Å². The van der Waals surface area contributed by atoms with Crippen molar-refractivity contribution >= 4 is 11.8 Å². The summed E-state index contributed by atoms with van der Waals surface area (Å²) in [6.07, 6.45) is 3.97. The molecule has 2 rings (SSSR count). The van der Waals surface area contributed by atoms with Crippen LogP contribution in [0.5, 0.6) is 0 Å². The van der Waals surface area contributed by atoms with E-state index in [0.717, 1.165) is 32.6 Å². The number of nitrogens with one attached hydrogen (secondary N) is 1. The Kier molecular flexibility index (Phi) is 5.90. The first-order valence-corrected chi connectivity index (χ1v) is 8.47. The number of hydrogen-bond acceptors (Lipinski definition) is 4. The van der Waals surface area contributed by atoms with Crippen molar-refractivity contribution < 1.29 is 9.84 Å². The molecule has 0 spiro atoms. The molecule has 1 unspecified atom stereocenters. The van der Waals surface area contributed by atoms with Gasteiger partial charge in [-0.2, -0.15) is 0 Å². The van der Waals surface area contributed by atoms with Crippen LogP contribution >= 0.6 is 11.8 Å². The summed E-state index contributed by atoms with van der Waals surface area (Å²) in [6, 6.07) is 8.98.